The highest BCUT2D eigenvalue weighted by Crippen LogP contribution is 2.20. The van der Waals surface area contributed by atoms with Gasteiger partial charge in [0.15, 0.2) is 5.60 Å². The second-order valence-corrected chi connectivity index (χ2v) is 5.59. The maximum Gasteiger partial charge on any atom is 0.158 e. The average molecular weight is 240 g/mol. The Hall–Kier alpha value is -0.520. The minimum Gasteiger partial charge on any atom is -0.229 e. The summed E-state index contributed by atoms with van der Waals surface area (Å²) in [7, 11) is 0. The van der Waals surface area contributed by atoms with Gasteiger partial charge in [0.1, 0.15) is 0 Å². The first-order valence-electron chi connectivity index (χ1n) is 6.70. The van der Waals surface area contributed by atoms with Crippen LogP contribution in [-0.4, -0.2) is 11.2 Å². The Morgan fingerprint density at radius 1 is 0.941 bits per heavy atom. The summed E-state index contributed by atoms with van der Waals surface area (Å²) >= 11 is 0. The molecule has 0 aromatic rings. The number of unbranched alkanes of at least 4 members (excludes halogenated alkanes) is 2. The minimum atomic E-state index is -0.529. The lowest BCUT2D eigenvalue weighted by atomic mass is 10.0. The third-order valence-corrected chi connectivity index (χ3v) is 2.37. The first-order chi connectivity index (χ1) is 7.83. The van der Waals surface area contributed by atoms with E-state index in [2.05, 4.69) is 25.7 Å². The second kappa shape index (κ2) is 7.74. The monoisotopic (exact) mass is 240 g/mol. The maximum atomic E-state index is 5.49. The fourth-order valence-corrected chi connectivity index (χ4v) is 1.42. The van der Waals surface area contributed by atoms with E-state index in [0.29, 0.717) is 0 Å². The molecule has 0 saturated carbocycles. The summed E-state index contributed by atoms with van der Waals surface area (Å²) in [4.78, 5) is 10.9. The van der Waals surface area contributed by atoms with Crippen LogP contribution in [0.25, 0.3) is 0 Å². The predicted octanol–water partition coefficient (Wildman–Crippen LogP) is 4.49. The van der Waals surface area contributed by atoms with Gasteiger partial charge < -0.3 is 0 Å². The standard InChI is InChI=1S/C15H28O2/c1-7-9-10-11-13-15(5,6)17-16-14(3,4)12-8-2/h7-10,12H2,1-6H3. The Bertz CT molecular complexity index is 256. The zero-order chi connectivity index (χ0) is 13.4. The van der Waals surface area contributed by atoms with E-state index in [1.807, 2.05) is 27.7 Å². The van der Waals surface area contributed by atoms with Crippen molar-refractivity contribution in [2.24, 2.45) is 0 Å². The largest absolute Gasteiger partial charge is 0.229 e. The molecule has 0 N–H and O–H groups in total. The molecule has 17 heavy (non-hydrogen) atoms. The van der Waals surface area contributed by atoms with E-state index in [4.69, 9.17) is 9.78 Å². The van der Waals surface area contributed by atoms with Gasteiger partial charge in [0.25, 0.3) is 0 Å². The molecule has 0 fully saturated rings. The van der Waals surface area contributed by atoms with Crippen molar-refractivity contribution < 1.29 is 9.78 Å². The summed E-state index contributed by atoms with van der Waals surface area (Å²) in [6.45, 7) is 12.3. The zero-order valence-corrected chi connectivity index (χ0v) is 12.4. The Morgan fingerprint density at radius 2 is 1.59 bits per heavy atom. The van der Waals surface area contributed by atoms with Crippen LogP contribution in [0.3, 0.4) is 0 Å². The van der Waals surface area contributed by atoms with Crippen LogP contribution in [0.2, 0.25) is 0 Å². The molecule has 0 saturated heterocycles. The number of hydrogen-bond donors (Lipinski definition) is 0. The van der Waals surface area contributed by atoms with Crippen molar-refractivity contribution >= 4 is 0 Å². The van der Waals surface area contributed by atoms with Crippen molar-refractivity contribution in [1.29, 1.82) is 0 Å². The van der Waals surface area contributed by atoms with Gasteiger partial charge in [-0.3, -0.25) is 0 Å². The van der Waals surface area contributed by atoms with Crippen molar-refractivity contribution in [2.75, 3.05) is 0 Å². The lowest BCUT2D eigenvalue weighted by molar-refractivity contribution is -0.389. The Balaban J connectivity index is 4.10. The van der Waals surface area contributed by atoms with Crippen molar-refractivity contribution in [2.45, 2.75) is 84.8 Å². The van der Waals surface area contributed by atoms with Gasteiger partial charge in [-0.1, -0.05) is 32.6 Å². The molecule has 100 valence electrons. The molecule has 0 aliphatic heterocycles. The van der Waals surface area contributed by atoms with Crippen LogP contribution in [0.5, 0.6) is 0 Å². The average Bonchev–Trinajstić information content (AvgIpc) is 2.22. The second-order valence-electron chi connectivity index (χ2n) is 5.59. The maximum absolute atomic E-state index is 5.49. The van der Waals surface area contributed by atoms with E-state index < -0.39 is 5.60 Å². The predicted molar refractivity (Wildman–Crippen MR) is 72.5 cm³/mol. The Kier molecular flexibility index (Phi) is 7.50. The first-order valence-corrected chi connectivity index (χ1v) is 6.70. The molecule has 0 aliphatic carbocycles. The molecule has 0 spiro atoms. The van der Waals surface area contributed by atoms with Crippen molar-refractivity contribution in [3.63, 3.8) is 0 Å². The summed E-state index contributed by atoms with van der Waals surface area (Å²) < 4.78 is 0. The van der Waals surface area contributed by atoms with Crippen LogP contribution in [0.15, 0.2) is 0 Å². The van der Waals surface area contributed by atoms with E-state index >= 15 is 0 Å². The zero-order valence-electron chi connectivity index (χ0n) is 12.4. The molecule has 0 aliphatic rings. The third-order valence-electron chi connectivity index (χ3n) is 2.37. The SMILES string of the molecule is CCCCC#CC(C)(C)OOC(C)(C)CCC. The van der Waals surface area contributed by atoms with Crippen LogP contribution < -0.4 is 0 Å². The highest BCUT2D eigenvalue weighted by atomic mass is 17.2. The molecule has 0 unspecified atom stereocenters. The normalized spacial score (nSPS) is 12.1. The summed E-state index contributed by atoms with van der Waals surface area (Å²) in [5.41, 5.74) is -0.768. The van der Waals surface area contributed by atoms with E-state index in [1.165, 1.54) is 6.42 Å². The molecule has 0 rings (SSSR count). The van der Waals surface area contributed by atoms with Gasteiger partial charge in [0.2, 0.25) is 0 Å². The fourth-order valence-electron chi connectivity index (χ4n) is 1.42. The molecule has 0 amide bonds. The van der Waals surface area contributed by atoms with Crippen LogP contribution >= 0.6 is 0 Å². The summed E-state index contributed by atoms with van der Waals surface area (Å²) in [6.07, 6.45) is 5.31. The Labute approximate surface area is 107 Å². The van der Waals surface area contributed by atoms with Gasteiger partial charge in [0.05, 0.1) is 5.60 Å². The fraction of sp³-hybridized carbons (Fsp3) is 0.867. The van der Waals surface area contributed by atoms with Crippen LogP contribution in [0, 0.1) is 11.8 Å². The molecule has 0 aromatic carbocycles. The molecule has 0 heterocycles. The summed E-state index contributed by atoms with van der Waals surface area (Å²) in [5, 5.41) is 0. The molecular weight excluding hydrogens is 212 g/mol. The smallest absolute Gasteiger partial charge is 0.158 e. The van der Waals surface area contributed by atoms with E-state index in [1.54, 1.807) is 0 Å². The third kappa shape index (κ3) is 9.21. The van der Waals surface area contributed by atoms with E-state index in [0.717, 1.165) is 25.7 Å². The number of hydrogen-bond acceptors (Lipinski definition) is 2. The molecular formula is C15H28O2. The molecule has 0 bridgehead atoms. The van der Waals surface area contributed by atoms with Gasteiger partial charge in [-0.2, -0.15) is 0 Å². The van der Waals surface area contributed by atoms with Gasteiger partial charge in [0, 0.05) is 6.42 Å². The van der Waals surface area contributed by atoms with Crippen molar-refractivity contribution in [1.82, 2.24) is 0 Å². The van der Waals surface area contributed by atoms with Gasteiger partial charge in [-0.15, -0.1) is 5.92 Å². The summed E-state index contributed by atoms with van der Waals surface area (Å²) in [5.74, 6) is 6.25. The lowest BCUT2D eigenvalue weighted by Crippen LogP contribution is -2.31. The lowest BCUT2D eigenvalue weighted by Gasteiger charge is -2.27. The van der Waals surface area contributed by atoms with E-state index in [-0.39, 0.29) is 5.60 Å². The first kappa shape index (κ1) is 16.5. The van der Waals surface area contributed by atoms with Gasteiger partial charge in [-0.05, 0) is 40.5 Å². The highest BCUT2D eigenvalue weighted by molar-refractivity contribution is 5.10. The topological polar surface area (TPSA) is 18.5 Å². The molecule has 0 aromatic heterocycles. The van der Waals surface area contributed by atoms with Crippen molar-refractivity contribution in [3.8, 4) is 11.8 Å². The molecule has 2 heteroatoms. The Morgan fingerprint density at radius 3 is 2.12 bits per heavy atom. The van der Waals surface area contributed by atoms with Crippen LogP contribution in [-0.2, 0) is 9.78 Å². The van der Waals surface area contributed by atoms with E-state index in [9.17, 15) is 0 Å². The highest BCUT2D eigenvalue weighted by Gasteiger charge is 2.24. The van der Waals surface area contributed by atoms with Gasteiger partial charge in [-0.25, -0.2) is 9.78 Å². The van der Waals surface area contributed by atoms with Gasteiger partial charge >= 0.3 is 0 Å². The van der Waals surface area contributed by atoms with Crippen LogP contribution in [0.1, 0.15) is 73.6 Å². The molecule has 0 atom stereocenters. The number of rotatable bonds is 7. The quantitative estimate of drug-likeness (QED) is 0.282. The minimum absolute atomic E-state index is 0.239. The van der Waals surface area contributed by atoms with Crippen LogP contribution in [0.4, 0.5) is 0 Å². The summed E-state index contributed by atoms with van der Waals surface area (Å²) in [6, 6.07) is 0. The molecule has 2 nitrogen and oxygen atoms in total. The van der Waals surface area contributed by atoms with Crippen molar-refractivity contribution in [3.05, 3.63) is 0 Å². The molecule has 0 radical (unpaired) electrons.